The number of nitrogens with one attached hydrogen (secondary N) is 1. The maximum atomic E-state index is 12.4. The molecule has 1 aromatic heterocycles. The van der Waals surface area contributed by atoms with Crippen molar-refractivity contribution in [1.29, 1.82) is 0 Å². The van der Waals surface area contributed by atoms with Gasteiger partial charge < -0.3 is 15.5 Å². The van der Waals surface area contributed by atoms with Crippen LogP contribution in [0.15, 0.2) is 34.9 Å². The number of hydrogen-bond donors (Lipinski definition) is 2. The van der Waals surface area contributed by atoms with E-state index < -0.39 is 0 Å². The number of hydrogen-bond acceptors (Lipinski definition) is 3. The Morgan fingerprint density at radius 2 is 2.00 bits per heavy atom. The fourth-order valence-corrected chi connectivity index (χ4v) is 3.27. The first-order valence-corrected chi connectivity index (χ1v) is 7.69. The van der Waals surface area contributed by atoms with Crippen LogP contribution in [0.2, 0.25) is 0 Å². The molecule has 4 nitrogen and oxygen atoms in total. The monoisotopic (exact) mass is 286 g/mol. The Bertz CT molecular complexity index is 627. The second-order valence-electron chi connectivity index (χ2n) is 6.09. The second-order valence-corrected chi connectivity index (χ2v) is 6.09. The van der Waals surface area contributed by atoms with E-state index in [4.69, 9.17) is 10.2 Å². The molecule has 1 heterocycles. The van der Waals surface area contributed by atoms with Gasteiger partial charge in [-0.1, -0.05) is 37.5 Å². The number of furan rings is 1. The molecule has 4 heteroatoms. The summed E-state index contributed by atoms with van der Waals surface area (Å²) in [6.45, 7) is 1.29. The molecule has 0 radical (unpaired) electrons. The van der Waals surface area contributed by atoms with Crippen LogP contribution in [-0.4, -0.2) is 19.0 Å². The molecule has 112 valence electrons. The standard InChI is InChI=1S/C17H22N2O2/c18-11-17(8-4-1-5-9-17)12-19-16(20)14-10-21-15-7-3-2-6-13(14)15/h2-3,6-7,10H,1,4-5,8-9,11-12,18H2,(H,19,20). The van der Waals surface area contributed by atoms with Gasteiger partial charge in [0.2, 0.25) is 0 Å². The summed E-state index contributed by atoms with van der Waals surface area (Å²) in [5.41, 5.74) is 7.39. The Kier molecular flexibility index (Phi) is 3.97. The van der Waals surface area contributed by atoms with Crippen LogP contribution in [0.25, 0.3) is 11.0 Å². The zero-order chi connectivity index (χ0) is 14.7. The molecule has 2 aromatic rings. The lowest BCUT2D eigenvalue weighted by atomic mass is 9.74. The van der Waals surface area contributed by atoms with Gasteiger partial charge in [0.25, 0.3) is 5.91 Å². The van der Waals surface area contributed by atoms with Crippen LogP contribution in [0.3, 0.4) is 0 Å². The van der Waals surface area contributed by atoms with Crippen LogP contribution in [0.4, 0.5) is 0 Å². The first kappa shape index (κ1) is 14.1. The maximum Gasteiger partial charge on any atom is 0.255 e. The van der Waals surface area contributed by atoms with Gasteiger partial charge in [-0.05, 0) is 30.9 Å². The number of para-hydroxylation sites is 1. The third-order valence-electron chi connectivity index (χ3n) is 4.70. The molecule has 0 bridgehead atoms. The molecular formula is C17H22N2O2. The van der Waals surface area contributed by atoms with E-state index in [1.54, 1.807) is 0 Å². The topological polar surface area (TPSA) is 68.3 Å². The predicted molar refractivity (Wildman–Crippen MR) is 83.1 cm³/mol. The molecule has 1 aliphatic carbocycles. The Hall–Kier alpha value is -1.81. The van der Waals surface area contributed by atoms with Crippen molar-refractivity contribution in [3.05, 3.63) is 36.1 Å². The minimum atomic E-state index is -0.0710. The average Bonchev–Trinajstić information content (AvgIpc) is 2.98. The van der Waals surface area contributed by atoms with Gasteiger partial charge in [-0.2, -0.15) is 0 Å². The Morgan fingerprint density at radius 3 is 2.76 bits per heavy atom. The van der Waals surface area contributed by atoms with E-state index in [1.807, 2.05) is 24.3 Å². The molecule has 3 rings (SSSR count). The van der Waals surface area contributed by atoms with E-state index in [1.165, 1.54) is 25.5 Å². The molecule has 21 heavy (non-hydrogen) atoms. The summed E-state index contributed by atoms with van der Waals surface area (Å²) in [5.74, 6) is -0.0710. The summed E-state index contributed by atoms with van der Waals surface area (Å²) in [6.07, 6.45) is 7.45. The van der Waals surface area contributed by atoms with E-state index in [-0.39, 0.29) is 11.3 Å². The molecule has 0 spiro atoms. The summed E-state index contributed by atoms with van der Waals surface area (Å²) >= 11 is 0. The van der Waals surface area contributed by atoms with Crippen molar-refractivity contribution in [1.82, 2.24) is 5.32 Å². The van der Waals surface area contributed by atoms with Gasteiger partial charge in [0.1, 0.15) is 11.8 Å². The number of carbonyl (C=O) groups is 1. The van der Waals surface area contributed by atoms with E-state index in [0.29, 0.717) is 18.7 Å². The van der Waals surface area contributed by atoms with Gasteiger partial charge in [-0.15, -0.1) is 0 Å². The smallest absolute Gasteiger partial charge is 0.255 e. The van der Waals surface area contributed by atoms with Gasteiger partial charge in [0.15, 0.2) is 0 Å². The van der Waals surface area contributed by atoms with Crippen LogP contribution in [0, 0.1) is 5.41 Å². The molecule has 1 saturated carbocycles. The fraction of sp³-hybridized carbons (Fsp3) is 0.471. The largest absolute Gasteiger partial charge is 0.463 e. The van der Waals surface area contributed by atoms with E-state index in [9.17, 15) is 4.79 Å². The van der Waals surface area contributed by atoms with E-state index >= 15 is 0 Å². The first-order valence-electron chi connectivity index (χ1n) is 7.69. The van der Waals surface area contributed by atoms with Crippen molar-refractivity contribution in [2.24, 2.45) is 11.1 Å². The number of fused-ring (bicyclic) bond motifs is 1. The van der Waals surface area contributed by atoms with Crippen molar-refractivity contribution >= 4 is 16.9 Å². The molecule has 0 aliphatic heterocycles. The van der Waals surface area contributed by atoms with Crippen LogP contribution >= 0.6 is 0 Å². The second kappa shape index (κ2) is 5.90. The highest BCUT2D eigenvalue weighted by Crippen LogP contribution is 2.34. The van der Waals surface area contributed by atoms with E-state index in [2.05, 4.69) is 5.32 Å². The third-order valence-corrected chi connectivity index (χ3v) is 4.70. The number of nitrogens with two attached hydrogens (primary N) is 1. The van der Waals surface area contributed by atoms with Crippen LogP contribution in [-0.2, 0) is 0 Å². The van der Waals surface area contributed by atoms with Crippen LogP contribution in [0.5, 0.6) is 0 Å². The predicted octanol–water partition coefficient (Wildman–Crippen LogP) is 3.07. The number of amides is 1. The SMILES string of the molecule is NCC1(CNC(=O)c2coc3ccccc23)CCCCC1. The Morgan fingerprint density at radius 1 is 1.24 bits per heavy atom. The van der Waals surface area contributed by atoms with Gasteiger partial charge in [-0.25, -0.2) is 0 Å². The quantitative estimate of drug-likeness (QED) is 0.907. The molecule has 1 aliphatic rings. The summed E-state index contributed by atoms with van der Waals surface area (Å²) < 4.78 is 5.43. The summed E-state index contributed by atoms with van der Waals surface area (Å²) in [4.78, 5) is 12.4. The fourth-order valence-electron chi connectivity index (χ4n) is 3.27. The summed E-state index contributed by atoms with van der Waals surface area (Å²) in [5, 5.41) is 3.92. The van der Waals surface area contributed by atoms with Crippen molar-refractivity contribution in [2.45, 2.75) is 32.1 Å². The molecule has 3 N–H and O–H groups in total. The minimum absolute atomic E-state index is 0.0710. The number of benzene rings is 1. The molecule has 0 atom stereocenters. The van der Waals surface area contributed by atoms with E-state index in [0.717, 1.165) is 23.8 Å². The molecule has 0 saturated heterocycles. The Balaban J connectivity index is 1.71. The highest BCUT2D eigenvalue weighted by atomic mass is 16.3. The molecule has 0 unspecified atom stereocenters. The normalized spacial score (nSPS) is 17.8. The average molecular weight is 286 g/mol. The lowest BCUT2D eigenvalue weighted by Gasteiger charge is -2.36. The third kappa shape index (κ3) is 2.81. The van der Waals surface area contributed by atoms with Crippen LogP contribution in [0.1, 0.15) is 42.5 Å². The first-order chi connectivity index (χ1) is 10.2. The highest BCUT2D eigenvalue weighted by molar-refractivity contribution is 6.05. The summed E-state index contributed by atoms with van der Waals surface area (Å²) in [6, 6.07) is 7.60. The molecule has 1 fully saturated rings. The maximum absolute atomic E-state index is 12.4. The lowest BCUT2D eigenvalue weighted by Crippen LogP contribution is -2.43. The molecule has 1 amide bonds. The molecule has 1 aromatic carbocycles. The minimum Gasteiger partial charge on any atom is -0.463 e. The van der Waals surface area contributed by atoms with Crippen LogP contribution < -0.4 is 11.1 Å². The van der Waals surface area contributed by atoms with Crippen molar-refractivity contribution in [3.63, 3.8) is 0 Å². The molecular weight excluding hydrogens is 264 g/mol. The van der Waals surface area contributed by atoms with Crippen molar-refractivity contribution in [2.75, 3.05) is 13.1 Å². The van der Waals surface area contributed by atoms with Gasteiger partial charge in [0.05, 0.1) is 5.56 Å². The number of carbonyl (C=O) groups excluding carboxylic acids is 1. The lowest BCUT2D eigenvalue weighted by molar-refractivity contribution is 0.0915. The Labute approximate surface area is 124 Å². The zero-order valence-electron chi connectivity index (χ0n) is 12.2. The van der Waals surface area contributed by atoms with Crippen molar-refractivity contribution in [3.8, 4) is 0 Å². The van der Waals surface area contributed by atoms with Crippen molar-refractivity contribution < 1.29 is 9.21 Å². The number of rotatable bonds is 4. The zero-order valence-corrected chi connectivity index (χ0v) is 12.2. The van der Waals surface area contributed by atoms with Gasteiger partial charge in [0, 0.05) is 11.9 Å². The highest BCUT2D eigenvalue weighted by Gasteiger charge is 2.31. The van der Waals surface area contributed by atoms with Gasteiger partial charge >= 0.3 is 0 Å². The summed E-state index contributed by atoms with van der Waals surface area (Å²) in [7, 11) is 0. The van der Waals surface area contributed by atoms with Gasteiger partial charge in [-0.3, -0.25) is 4.79 Å².